The van der Waals surface area contributed by atoms with E-state index >= 15 is 0 Å². The van der Waals surface area contributed by atoms with Gasteiger partial charge in [0.1, 0.15) is 12.4 Å². The fraction of sp³-hybridized carbons (Fsp3) is 0.222. The van der Waals surface area contributed by atoms with Gasteiger partial charge in [-0.3, -0.25) is 14.5 Å². The summed E-state index contributed by atoms with van der Waals surface area (Å²) in [6, 6.07) is 14.4. The fourth-order valence-electron chi connectivity index (χ4n) is 2.68. The molecule has 1 N–H and O–H groups in total. The highest BCUT2D eigenvalue weighted by molar-refractivity contribution is 6.08. The molecule has 1 heterocycles. The molecule has 0 saturated carbocycles. The average molecular weight is 310 g/mol. The smallest absolute Gasteiger partial charge is 0.258 e. The number of hydrogen-bond acceptors (Lipinski definition) is 3. The molecule has 1 atom stereocenters. The Morgan fingerprint density at radius 3 is 2.74 bits per heavy atom. The third-order valence-corrected chi connectivity index (χ3v) is 3.69. The Kier molecular flexibility index (Phi) is 4.02. The normalized spacial score (nSPS) is 16.3. The molecule has 1 unspecified atom stereocenters. The molecule has 23 heavy (non-hydrogen) atoms. The van der Waals surface area contributed by atoms with E-state index in [0.29, 0.717) is 23.6 Å². The largest absolute Gasteiger partial charge is 0.489 e. The predicted octanol–water partition coefficient (Wildman–Crippen LogP) is 3.07. The van der Waals surface area contributed by atoms with Crippen LogP contribution in [0.5, 0.6) is 5.75 Å². The van der Waals surface area contributed by atoms with Crippen molar-refractivity contribution in [3.05, 3.63) is 54.1 Å². The molecule has 2 aromatic carbocycles. The summed E-state index contributed by atoms with van der Waals surface area (Å²) >= 11 is 0. The molecular weight excluding hydrogens is 292 g/mol. The highest BCUT2D eigenvalue weighted by Gasteiger charge is 2.30. The Morgan fingerprint density at radius 2 is 1.96 bits per heavy atom. The minimum absolute atomic E-state index is 0.0678. The molecule has 0 aliphatic carbocycles. The lowest BCUT2D eigenvalue weighted by Crippen LogP contribution is -2.45. The van der Waals surface area contributed by atoms with Gasteiger partial charge in [0.15, 0.2) is 0 Å². The standard InChI is InChI=1S/C18H18N2O3/c1-12-11-23-17-9-4-3-8-16(17)20(12)18(22)14-6-5-7-15(10-14)19-13(2)21/h3-10,12H,11H2,1-2H3,(H,19,21). The molecule has 2 amide bonds. The van der Waals surface area contributed by atoms with Crippen molar-refractivity contribution >= 4 is 23.2 Å². The first-order chi connectivity index (χ1) is 11.1. The van der Waals surface area contributed by atoms with Crippen molar-refractivity contribution in [2.75, 3.05) is 16.8 Å². The second-order valence-corrected chi connectivity index (χ2v) is 5.56. The summed E-state index contributed by atoms with van der Waals surface area (Å²) < 4.78 is 5.68. The maximum atomic E-state index is 13.0. The number of carbonyl (C=O) groups is 2. The van der Waals surface area contributed by atoms with Gasteiger partial charge in [-0.1, -0.05) is 18.2 Å². The maximum absolute atomic E-state index is 13.0. The highest BCUT2D eigenvalue weighted by Crippen LogP contribution is 2.34. The van der Waals surface area contributed by atoms with Crippen LogP contribution in [0.25, 0.3) is 0 Å². The lowest BCUT2D eigenvalue weighted by atomic mass is 10.1. The first-order valence-electron chi connectivity index (χ1n) is 7.49. The first-order valence-corrected chi connectivity index (χ1v) is 7.49. The molecule has 0 radical (unpaired) electrons. The third kappa shape index (κ3) is 3.04. The van der Waals surface area contributed by atoms with Gasteiger partial charge in [0.25, 0.3) is 5.91 Å². The first kappa shape index (κ1) is 15.1. The fourth-order valence-corrected chi connectivity index (χ4v) is 2.68. The minimum Gasteiger partial charge on any atom is -0.489 e. The van der Waals surface area contributed by atoms with E-state index in [9.17, 15) is 9.59 Å². The van der Waals surface area contributed by atoms with Crippen molar-refractivity contribution in [2.24, 2.45) is 0 Å². The van der Waals surface area contributed by atoms with Crippen LogP contribution in [0.4, 0.5) is 11.4 Å². The number of anilines is 2. The van der Waals surface area contributed by atoms with Gasteiger partial charge in [0.05, 0.1) is 11.7 Å². The Balaban J connectivity index is 1.95. The summed E-state index contributed by atoms with van der Waals surface area (Å²) in [5, 5.41) is 2.70. The number of nitrogens with one attached hydrogen (secondary N) is 1. The molecule has 0 spiro atoms. The van der Waals surface area contributed by atoms with E-state index in [1.54, 1.807) is 29.2 Å². The van der Waals surface area contributed by atoms with Crippen LogP contribution in [0.2, 0.25) is 0 Å². The van der Waals surface area contributed by atoms with Gasteiger partial charge in [0.2, 0.25) is 5.91 Å². The van der Waals surface area contributed by atoms with Gasteiger partial charge in [-0.2, -0.15) is 0 Å². The Labute approximate surface area is 134 Å². The third-order valence-electron chi connectivity index (χ3n) is 3.69. The predicted molar refractivity (Wildman–Crippen MR) is 89.0 cm³/mol. The van der Waals surface area contributed by atoms with E-state index in [-0.39, 0.29) is 17.9 Å². The van der Waals surface area contributed by atoms with Gasteiger partial charge in [-0.15, -0.1) is 0 Å². The number of nitrogens with zero attached hydrogens (tertiary/aromatic N) is 1. The van der Waals surface area contributed by atoms with E-state index in [4.69, 9.17) is 4.74 Å². The molecule has 5 heteroatoms. The van der Waals surface area contributed by atoms with Crippen molar-refractivity contribution in [3.63, 3.8) is 0 Å². The zero-order valence-corrected chi connectivity index (χ0v) is 13.1. The molecule has 118 valence electrons. The molecule has 1 aliphatic heterocycles. The SMILES string of the molecule is CC(=O)Nc1cccc(C(=O)N2c3ccccc3OCC2C)c1. The summed E-state index contributed by atoms with van der Waals surface area (Å²) in [6.07, 6.45) is 0. The number of para-hydroxylation sites is 2. The lowest BCUT2D eigenvalue weighted by Gasteiger charge is -2.35. The highest BCUT2D eigenvalue weighted by atomic mass is 16.5. The van der Waals surface area contributed by atoms with Gasteiger partial charge < -0.3 is 10.1 Å². The molecule has 5 nitrogen and oxygen atoms in total. The Morgan fingerprint density at radius 1 is 1.17 bits per heavy atom. The zero-order chi connectivity index (χ0) is 16.4. The number of rotatable bonds is 2. The second-order valence-electron chi connectivity index (χ2n) is 5.56. The number of amides is 2. The molecule has 0 aromatic heterocycles. The van der Waals surface area contributed by atoms with E-state index in [2.05, 4.69) is 5.32 Å². The summed E-state index contributed by atoms with van der Waals surface area (Å²) in [4.78, 5) is 25.9. The van der Waals surface area contributed by atoms with Crippen LogP contribution < -0.4 is 15.0 Å². The van der Waals surface area contributed by atoms with E-state index in [1.165, 1.54) is 6.92 Å². The van der Waals surface area contributed by atoms with E-state index in [1.807, 2.05) is 31.2 Å². The lowest BCUT2D eigenvalue weighted by molar-refractivity contribution is -0.114. The van der Waals surface area contributed by atoms with Crippen molar-refractivity contribution < 1.29 is 14.3 Å². The number of fused-ring (bicyclic) bond motifs is 1. The average Bonchev–Trinajstić information content (AvgIpc) is 2.54. The van der Waals surface area contributed by atoms with Gasteiger partial charge >= 0.3 is 0 Å². The number of hydrogen-bond donors (Lipinski definition) is 1. The number of ether oxygens (including phenoxy) is 1. The van der Waals surface area contributed by atoms with Crippen LogP contribution in [0.15, 0.2) is 48.5 Å². The summed E-state index contributed by atoms with van der Waals surface area (Å²) in [7, 11) is 0. The molecule has 0 fully saturated rings. The van der Waals surface area contributed by atoms with Crippen LogP contribution >= 0.6 is 0 Å². The van der Waals surface area contributed by atoms with Crippen LogP contribution in [0.3, 0.4) is 0 Å². The van der Waals surface area contributed by atoms with Crippen molar-refractivity contribution in [1.29, 1.82) is 0 Å². The molecule has 1 aliphatic rings. The topological polar surface area (TPSA) is 58.6 Å². The maximum Gasteiger partial charge on any atom is 0.258 e. The monoisotopic (exact) mass is 310 g/mol. The van der Waals surface area contributed by atoms with E-state index in [0.717, 1.165) is 5.69 Å². The van der Waals surface area contributed by atoms with Gasteiger partial charge in [0, 0.05) is 18.2 Å². The Hall–Kier alpha value is -2.82. The summed E-state index contributed by atoms with van der Waals surface area (Å²) in [6.45, 7) is 3.84. The van der Waals surface area contributed by atoms with Gasteiger partial charge in [-0.25, -0.2) is 0 Å². The number of benzene rings is 2. The van der Waals surface area contributed by atoms with Crippen LogP contribution in [-0.4, -0.2) is 24.5 Å². The van der Waals surface area contributed by atoms with Crippen LogP contribution in [0, 0.1) is 0 Å². The molecule has 0 saturated heterocycles. The van der Waals surface area contributed by atoms with Crippen molar-refractivity contribution in [3.8, 4) is 5.75 Å². The summed E-state index contributed by atoms with van der Waals surface area (Å²) in [5.74, 6) is 0.428. The van der Waals surface area contributed by atoms with Crippen molar-refractivity contribution in [1.82, 2.24) is 0 Å². The summed E-state index contributed by atoms with van der Waals surface area (Å²) in [5.41, 5.74) is 1.90. The van der Waals surface area contributed by atoms with Gasteiger partial charge in [-0.05, 0) is 37.3 Å². The quantitative estimate of drug-likeness (QED) is 0.927. The molecule has 3 rings (SSSR count). The van der Waals surface area contributed by atoms with Crippen molar-refractivity contribution in [2.45, 2.75) is 19.9 Å². The molecular formula is C18H18N2O3. The second kappa shape index (κ2) is 6.12. The van der Waals surface area contributed by atoms with Crippen LogP contribution in [0.1, 0.15) is 24.2 Å². The van der Waals surface area contributed by atoms with E-state index < -0.39 is 0 Å². The number of carbonyl (C=O) groups excluding carboxylic acids is 2. The molecule has 2 aromatic rings. The Bertz CT molecular complexity index is 757. The van der Waals surface area contributed by atoms with Crippen LogP contribution in [-0.2, 0) is 4.79 Å². The minimum atomic E-state index is -0.167. The zero-order valence-electron chi connectivity index (χ0n) is 13.1. The molecule has 0 bridgehead atoms.